The van der Waals surface area contributed by atoms with Gasteiger partial charge in [-0.25, -0.2) is 0 Å². The van der Waals surface area contributed by atoms with Crippen LogP contribution in [0.15, 0.2) is 96.2 Å². The first-order chi connectivity index (χ1) is 20.0. The monoisotopic (exact) mass is 543 g/mol. The molecule has 0 saturated heterocycles. The Balaban J connectivity index is 1.61. The molecule has 2 heteroatoms. The summed E-state index contributed by atoms with van der Waals surface area (Å²) in [6.07, 6.45) is 14.3. The molecule has 0 bridgehead atoms. The van der Waals surface area contributed by atoms with Gasteiger partial charge in [-0.3, -0.25) is 0 Å². The molecule has 0 fully saturated rings. The van der Waals surface area contributed by atoms with E-state index in [2.05, 4.69) is 125 Å². The van der Waals surface area contributed by atoms with E-state index in [1.54, 1.807) is 0 Å². The first-order valence-corrected chi connectivity index (χ1v) is 15.5. The van der Waals surface area contributed by atoms with E-state index in [-0.39, 0.29) is 0 Å². The molecule has 0 spiro atoms. The summed E-state index contributed by atoms with van der Waals surface area (Å²) < 4.78 is 1.94. The maximum Gasteiger partial charge on any atom is 0.196 e. The molecular weight excluding hydrogens is 496 g/mol. The zero-order chi connectivity index (χ0) is 29.0. The Morgan fingerprint density at radius 2 is 1.34 bits per heavy atom. The van der Waals surface area contributed by atoms with Crippen LogP contribution in [0.2, 0.25) is 0 Å². The molecule has 41 heavy (non-hydrogen) atoms. The van der Waals surface area contributed by atoms with Gasteiger partial charge in [-0.1, -0.05) is 117 Å². The number of rotatable bonds is 13. The summed E-state index contributed by atoms with van der Waals surface area (Å²) in [6, 6.07) is 30.6. The Hall–Kier alpha value is -3.78. The van der Waals surface area contributed by atoms with Crippen molar-refractivity contribution in [2.75, 3.05) is 7.05 Å². The highest BCUT2D eigenvalue weighted by molar-refractivity contribution is 5.73. The molecule has 4 rings (SSSR count). The van der Waals surface area contributed by atoms with E-state index in [9.17, 15) is 0 Å². The lowest BCUT2D eigenvalue weighted by molar-refractivity contribution is -0.491. The number of azo groups is 2. The maximum atomic E-state index is 5.01. The van der Waals surface area contributed by atoms with Gasteiger partial charge in [-0.2, -0.15) is 0 Å². The Kier molecular flexibility index (Phi) is 11.3. The summed E-state index contributed by atoms with van der Waals surface area (Å²) in [4.78, 5) is 0. The van der Waals surface area contributed by atoms with Crippen molar-refractivity contribution in [3.63, 3.8) is 0 Å². The van der Waals surface area contributed by atoms with Crippen molar-refractivity contribution in [2.24, 2.45) is 5.11 Å². The predicted octanol–water partition coefficient (Wildman–Crippen LogP) is 11.5. The fourth-order valence-corrected chi connectivity index (χ4v) is 5.65. The average Bonchev–Trinajstić information content (AvgIpc) is 3.00. The molecule has 0 unspecified atom stereocenters. The molecule has 0 aliphatic rings. The molecule has 4 aromatic rings. The van der Waals surface area contributed by atoms with E-state index in [0.29, 0.717) is 0 Å². The van der Waals surface area contributed by atoms with Gasteiger partial charge in [0.05, 0.1) is 0 Å². The largest absolute Gasteiger partial charge is 0.196 e. The molecule has 0 N–H and O–H groups in total. The second-order valence-electron chi connectivity index (χ2n) is 11.2. The highest BCUT2D eigenvalue weighted by Gasteiger charge is 2.14. The first kappa shape index (κ1) is 30.2. The van der Waals surface area contributed by atoms with Crippen LogP contribution in [-0.4, -0.2) is 11.7 Å². The van der Waals surface area contributed by atoms with Gasteiger partial charge in [0.2, 0.25) is 0 Å². The minimum absolute atomic E-state index is 1.00. The van der Waals surface area contributed by atoms with E-state index >= 15 is 0 Å². The lowest BCUT2D eigenvalue weighted by Crippen LogP contribution is -1.99. The zero-order valence-electron chi connectivity index (χ0n) is 25.8. The van der Waals surface area contributed by atoms with Crippen LogP contribution in [0.3, 0.4) is 0 Å². The maximum absolute atomic E-state index is 5.01. The normalized spacial score (nSPS) is 11.9. The second kappa shape index (κ2) is 15.3. The van der Waals surface area contributed by atoms with Crippen molar-refractivity contribution in [2.45, 2.75) is 79.1 Å². The van der Waals surface area contributed by atoms with Crippen LogP contribution >= 0.6 is 0 Å². The third kappa shape index (κ3) is 8.36. The number of hydrogen-bond acceptors (Lipinski definition) is 1. The van der Waals surface area contributed by atoms with Gasteiger partial charge in [0, 0.05) is 6.08 Å². The van der Waals surface area contributed by atoms with E-state index < -0.39 is 0 Å². The average molecular weight is 544 g/mol. The van der Waals surface area contributed by atoms with Gasteiger partial charge in [-0.05, 0) is 106 Å². The Bertz CT molecular complexity index is 1460. The van der Waals surface area contributed by atoms with Crippen LogP contribution in [0.4, 0.5) is 5.69 Å². The van der Waals surface area contributed by atoms with Gasteiger partial charge in [0.1, 0.15) is 5.69 Å². The van der Waals surface area contributed by atoms with Crippen LogP contribution in [0.25, 0.3) is 28.3 Å². The van der Waals surface area contributed by atoms with Gasteiger partial charge < -0.3 is 0 Å². The molecule has 0 aromatic heterocycles. The topological polar surface area (TPSA) is 15.4 Å². The lowest BCUT2D eigenvalue weighted by atomic mass is 9.90. The molecule has 4 aromatic carbocycles. The molecular formula is C39H47N2+. The van der Waals surface area contributed by atoms with Crippen molar-refractivity contribution < 1.29 is 4.70 Å². The number of nitrogens with zero attached hydrogens (tertiary/aromatic N) is 2. The highest BCUT2D eigenvalue weighted by atomic mass is 15.2. The summed E-state index contributed by atoms with van der Waals surface area (Å²) in [5, 5.41) is 5.01. The molecule has 0 heterocycles. The van der Waals surface area contributed by atoms with Crippen molar-refractivity contribution >= 4 is 11.8 Å². The number of hydrogen-bond donors (Lipinski definition) is 0. The summed E-state index contributed by atoms with van der Waals surface area (Å²) in [7, 11) is 2.02. The predicted molar refractivity (Wildman–Crippen MR) is 177 cm³/mol. The van der Waals surface area contributed by atoms with Gasteiger partial charge in [0.15, 0.2) is 13.2 Å². The molecule has 0 saturated carbocycles. The minimum atomic E-state index is 1.00. The molecule has 0 amide bonds. The molecule has 0 aliphatic carbocycles. The van der Waals surface area contributed by atoms with Gasteiger partial charge >= 0.3 is 0 Å². The zero-order valence-corrected chi connectivity index (χ0v) is 25.8. The van der Waals surface area contributed by atoms with E-state index in [1.165, 1.54) is 88.6 Å². The molecule has 0 radical (unpaired) electrons. The Labute approximate surface area is 248 Å². The SMILES string of the molecule is CCCCCCCCc1c(CC)cc(N=[N+](C)C=Cc2cc(C)c(C)c(-c3ccccc3)c2)cc1-c1ccccc1. The van der Waals surface area contributed by atoms with Crippen molar-refractivity contribution in [1.29, 1.82) is 0 Å². The summed E-state index contributed by atoms with van der Waals surface area (Å²) in [6.45, 7) is 8.95. The van der Waals surface area contributed by atoms with Crippen LogP contribution < -0.4 is 0 Å². The van der Waals surface area contributed by atoms with E-state index in [0.717, 1.165) is 18.5 Å². The smallest absolute Gasteiger partial charge is 0.0934 e. The molecule has 0 atom stereocenters. The van der Waals surface area contributed by atoms with E-state index in [1.807, 2.05) is 11.7 Å². The number of aryl methyl sites for hydroxylation is 2. The second-order valence-corrected chi connectivity index (χ2v) is 11.2. The molecule has 2 nitrogen and oxygen atoms in total. The standard InChI is InChI=1S/C39H47N2/c1-6-8-9-10-11-18-23-37-33(7-2)28-36(29-39(37)35-21-16-13-17-22-35)40-41(5)25-24-32-26-30(3)31(4)38(27-32)34-19-14-12-15-20-34/h12-17,19-22,24-29H,6-11,18,23H2,1-5H3/q+1. The first-order valence-electron chi connectivity index (χ1n) is 15.5. The van der Waals surface area contributed by atoms with Gasteiger partial charge in [0.25, 0.3) is 0 Å². The summed E-state index contributed by atoms with van der Waals surface area (Å²) in [5.41, 5.74) is 12.9. The van der Waals surface area contributed by atoms with Gasteiger partial charge in [-0.15, -0.1) is 0 Å². The Morgan fingerprint density at radius 1 is 0.707 bits per heavy atom. The number of unbranched alkanes of at least 4 members (excludes halogenated alkanes) is 5. The quantitative estimate of drug-likeness (QED) is 0.0905. The number of benzene rings is 4. The van der Waals surface area contributed by atoms with Crippen LogP contribution in [-0.2, 0) is 12.8 Å². The van der Waals surface area contributed by atoms with Crippen LogP contribution in [0.1, 0.15) is 80.2 Å². The van der Waals surface area contributed by atoms with Crippen LogP contribution in [0.5, 0.6) is 0 Å². The third-order valence-corrected chi connectivity index (χ3v) is 8.10. The van der Waals surface area contributed by atoms with E-state index in [4.69, 9.17) is 5.11 Å². The van der Waals surface area contributed by atoms with Crippen molar-refractivity contribution in [3.8, 4) is 22.3 Å². The van der Waals surface area contributed by atoms with Crippen molar-refractivity contribution in [1.82, 2.24) is 0 Å². The lowest BCUT2D eigenvalue weighted by Gasteiger charge is -2.15. The molecule has 212 valence electrons. The Morgan fingerprint density at radius 3 is 2.00 bits per heavy atom. The highest BCUT2D eigenvalue weighted by Crippen LogP contribution is 2.33. The fraction of sp³-hybridized carbons (Fsp3) is 0.333. The van der Waals surface area contributed by atoms with Crippen LogP contribution in [0, 0.1) is 13.8 Å². The fourth-order valence-electron chi connectivity index (χ4n) is 5.65. The van der Waals surface area contributed by atoms with Crippen molar-refractivity contribution in [3.05, 3.63) is 119 Å². The molecule has 0 aliphatic heterocycles. The minimum Gasteiger partial charge on any atom is -0.0934 e. The summed E-state index contributed by atoms with van der Waals surface area (Å²) in [5.74, 6) is 0. The third-order valence-electron chi connectivity index (χ3n) is 8.10. The summed E-state index contributed by atoms with van der Waals surface area (Å²) >= 11 is 0.